The minimum Gasteiger partial charge on any atom is -1.00 e. The van der Waals surface area contributed by atoms with E-state index in [0.29, 0.717) is 9.59 Å². The van der Waals surface area contributed by atoms with Crippen LogP contribution in [0.2, 0.25) is 0 Å². The van der Waals surface area contributed by atoms with Gasteiger partial charge in [0.25, 0.3) is 0 Å². The zero-order valence-corrected chi connectivity index (χ0v) is 27.1. The largest absolute Gasteiger partial charge is 1.00 e. The van der Waals surface area contributed by atoms with Crippen LogP contribution in [0.3, 0.4) is 0 Å². The smallest absolute Gasteiger partial charge is 1.00 e. The summed E-state index contributed by atoms with van der Waals surface area (Å²) >= 11 is -1.44. The molecule has 0 spiro atoms. The molecule has 0 saturated carbocycles. The average Bonchev–Trinajstić information content (AvgIpc) is 3.51. The van der Waals surface area contributed by atoms with Crippen LogP contribution in [0.1, 0.15) is 48.5 Å². The van der Waals surface area contributed by atoms with Crippen LogP contribution >= 0.6 is 0 Å². The van der Waals surface area contributed by atoms with Crippen molar-refractivity contribution in [1.29, 1.82) is 0 Å². The summed E-state index contributed by atoms with van der Waals surface area (Å²) in [5.41, 5.74) is 13.2. The van der Waals surface area contributed by atoms with Crippen molar-refractivity contribution in [1.82, 2.24) is 0 Å². The van der Waals surface area contributed by atoms with Crippen molar-refractivity contribution in [2.24, 2.45) is 0 Å². The maximum absolute atomic E-state index is 2.47. The molecule has 40 heavy (non-hydrogen) atoms. The summed E-state index contributed by atoms with van der Waals surface area (Å²) in [6, 6.07) is 51.7. The summed E-state index contributed by atoms with van der Waals surface area (Å²) < 4.78 is 2.21. The number of rotatable bonds is 6. The molecular weight excluding hydrogens is 694 g/mol. The minimum atomic E-state index is -1.44. The Balaban J connectivity index is 0.00000161. The molecule has 7 rings (SSSR count). The number of hydrogen-bond acceptors (Lipinski definition) is 0. The summed E-state index contributed by atoms with van der Waals surface area (Å²) in [6.45, 7) is 0. The van der Waals surface area contributed by atoms with Crippen molar-refractivity contribution in [2.45, 2.75) is 16.0 Å². The van der Waals surface area contributed by atoms with Crippen LogP contribution in [0.4, 0.5) is 0 Å². The van der Waals surface area contributed by atoms with E-state index in [1.807, 2.05) is 0 Å². The predicted octanol–water partition coefficient (Wildman–Crippen LogP) is 3.28. The normalized spacial score (nSPS) is 16.6. The Labute approximate surface area is 261 Å². The number of fused-ring (bicyclic) bond motifs is 2. The van der Waals surface area contributed by atoms with Gasteiger partial charge in [-0.25, -0.2) is 0 Å². The van der Waals surface area contributed by atoms with Crippen molar-refractivity contribution in [3.05, 3.63) is 178 Å². The third kappa shape index (κ3) is 5.36. The molecule has 5 aromatic rings. The molecule has 2 aliphatic rings. The SMILES string of the molecule is C1=C(c2ccccc2)[CH]([Hf+2][C]2=C(c3ccccc3)C(Cc3ccccc3)c3ccccc32)c2ccccc21.[Cl-].[Cl-]. The van der Waals surface area contributed by atoms with Crippen LogP contribution in [-0.4, -0.2) is 0 Å². The zero-order chi connectivity index (χ0) is 25.3. The molecule has 0 nitrogen and oxygen atoms in total. The van der Waals surface area contributed by atoms with E-state index in [-0.39, 0.29) is 24.8 Å². The Kier molecular flexibility index (Phi) is 9.06. The molecule has 194 valence electrons. The predicted molar refractivity (Wildman–Crippen MR) is 156 cm³/mol. The van der Waals surface area contributed by atoms with Gasteiger partial charge in [0.05, 0.1) is 0 Å². The van der Waals surface area contributed by atoms with E-state index in [1.54, 1.807) is 8.90 Å². The average molecular weight is 722 g/mol. The third-order valence-electron chi connectivity index (χ3n) is 7.92. The fraction of sp³-hybridized carbons (Fsp3) is 0.0811. The third-order valence-corrected chi connectivity index (χ3v) is 14.2. The Morgan fingerprint density at radius 1 is 0.525 bits per heavy atom. The van der Waals surface area contributed by atoms with E-state index in [9.17, 15) is 0 Å². The van der Waals surface area contributed by atoms with Gasteiger partial charge in [0.2, 0.25) is 0 Å². The Morgan fingerprint density at radius 3 is 1.77 bits per heavy atom. The van der Waals surface area contributed by atoms with Crippen LogP contribution in [0.15, 0.2) is 140 Å². The molecule has 0 bridgehead atoms. The van der Waals surface area contributed by atoms with Gasteiger partial charge in [-0.05, 0) is 0 Å². The van der Waals surface area contributed by atoms with Crippen LogP contribution in [-0.2, 0) is 29.3 Å². The van der Waals surface area contributed by atoms with Crippen LogP contribution in [0, 0.1) is 0 Å². The molecule has 0 saturated heterocycles. The van der Waals surface area contributed by atoms with Gasteiger partial charge in [-0.15, -0.1) is 0 Å². The van der Waals surface area contributed by atoms with E-state index in [2.05, 4.69) is 146 Å². The van der Waals surface area contributed by atoms with Gasteiger partial charge in [0.15, 0.2) is 0 Å². The number of allylic oxidation sites excluding steroid dienone is 2. The number of hydrogen-bond donors (Lipinski definition) is 0. The molecule has 0 fully saturated rings. The quantitative estimate of drug-likeness (QED) is 0.237. The molecule has 0 amide bonds. The van der Waals surface area contributed by atoms with E-state index in [4.69, 9.17) is 0 Å². The summed E-state index contributed by atoms with van der Waals surface area (Å²) in [7, 11) is 0. The molecule has 0 N–H and O–H groups in total. The standard InChI is InChI=1S/C22H17.C15H11.2ClH.Hf/c1-3-9-17(10-4-1)15-22-20-14-8-7-13-19(20)16-21(22)18-11-5-2-6-12-18;1-2-6-12(7-3-1)15-10-13-8-4-5-9-14(13)11-15;;;/h1-14,22H,15H2;1-11H;2*1H;/q;;;;+2/p-2. The van der Waals surface area contributed by atoms with E-state index < -0.39 is 22.9 Å². The fourth-order valence-corrected chi connectivity index (χ4v) is 13.3. The number of benzene rings is 5. The fourth-order valence-electron chi connectivity index (χ4n) is 6.19. The second-order valence-electron chi connectivity index (χ2n) is 10.2. The first-order chi connectivity index (χ1) is 18.9. The Morgan fingerprint density at radius 2 is 1.07 bits per heavy atom. The molecule has 3 heteroatoms. The van der Waals surface area contributed by atoms with Gasteiger partial charge >= 0.3 is 238 Å². The minimum absolute atomic E-state index is 0. The summed E-state index contributed by atoms with van der Waals surface area (Å²) in [5.74, 6) is 0.388. The van der Waals surface area contributed by atoms with E-state index >= 15 is 0 Å². The summed E-state index contributed by atoms with van der Waals surface area (Å²) in [5, 5.41) is 0. The molecule has 2 unspecified atom stereocenters. The molecule has 0 aromatic heterocycles. The van der Waals surface area contributed by atoms with Gasteiger partial charge in [-0.3, -0.25) is 0 Å². The first-order valence-electron chi connectivity index (χ1n) is 13.4. The van der Waals surface area contributed by atoms with Gasteiger partial charge in [-0.2, -0.15) is 0 Å². The van der Waals surface area contributed by atoms with Gasteiger partial charge < -0.3 is 24.8 Å². The van der Waals surface area contributed by atoms with Crippen molar-refractivity contribution in [3.63, 3.8) is 0 Å². The summed E-state index contributed by atoms with van der Waals surface area (Å²) in [6.07, 6.45) is 3.50. The first kappa shape index (κ1) is 28.6. The van der Waals surface area contributed by atoms with Gasteiger partial charge in [0, 0.05) is 0 Å². The van der Waals surface area contributed by atoms with Crippen LogP contribution in [0.25, 0.3) is 20.6 Å². The van der Waals surface area contributed by atoms with Gasteiger partial charge in [-0.1, -0.05) is 0 Å². The Hall–Kier alpha value is -2.97. The molecule has 0 heterocycles. The van der Waals surface area contributed by atoms with E-state index in [0.717, 1.165) is 6.42 Å². The molecule has 2 atom stereocenters. The molecule has 5 aromatic carbocycles. The summed E-state index contributed by atoms with van der Waals surface area (Å²) in [4.78, 5) is 0. The molecular formula is C37H28Cl2Hf. The first-order valence-corrected chi connectivity index (χ1v) is 17.3. The van der Waals surface area contributed by atoms with Crippen molar-refractivity contribution in [3.8, 4) is 0 Å². The number of halogens is 2. The van der Waals surface area contributed by atoms with E-state index in [1.165, 1.54) is 44.5 Å². The second-order valence-corrected chi connectivity index (χ2v) is 15.1. The van der Waals surface area contributed by atoms with Crippen LogP contribution in [0.5, 0.6) is 0 Å². The molecule has 0 aliphatic heterocycles. The van der Waals surface area contributed by atoms with Crippen molar-refractivity contribution in [2.75, 3.05) is 0 Å². The maximum Gasteiger partial charge on any atom is -1.00 e. The second kappa shape index (κ2) is 12.7. The molecule has 0 radical (unpaired) electrons. The van der Waals surface area contributed by atoms with Gasteiger partial charge in [0.1, 0.15) is 0 Å². The molecule has 2 aliphatic carbocycles. The Bertz CT molecular complexity index is 1660. The maximum atomic E-state index is 2.47. The van der Waals surface area contributed by atoms with Crippen molar-refractivity contribution < 1.29 is 47.7 Å². The zero-order valence-electron chi connectivity index (χ0n) is 22.0. The van der Waals surface area contributed by atoms with Crippen LogP contribution < -0.4 is 24.8 Å². The topological polar surface area (TPSA) is 0 Å². The monoisotopic (exact) mass is 722 g/mol. The van der Waals surface area contributed by atoms with Crippen molar-refractivity contribution >= 4 is 20.6 Å².